The van der Waals surface area contributed by atoms with Gasteiger partial charge < -0.3 is 25.2 Å². The van der Waals surface area contributed by atoms with E-state index in [1.165, 1.54) is 6.20 Å². The van der Waals surface area contributed by atoms with Crippen LogP contribution in [-0.2, 0) is 5.60 Å². The molecule has 0 saturated carbocycles. The maximum Gasteiger partial charge on any atom is 0.252 e. The average molecular weight is 574 g/mol. The van der Waals surface area contributed by atoms with Gasteiger partial charge in [0.1, 0.15) is 18.0 Å². The highest BCUT2D eigenvalue weighted by Gasteiger charge is 2.34. The number of aliphatic hydroxyl groups excluding tert-OH is 1. The maximum absolute atomic E-state index is 12.1. The van der Waals surface area contributed by atoms with Crippen LogP contribution in [0.3, 0.4) is 0 Å². The van der Waals surface area contributed by atoms with Gasteiger partial charge in [-0.1, -0.05) is 35.3 Å². The van der Waals surface area contributed by atoms with Crippen LogP contribution in [0.2, 0.25) is 10.0 Å². The molecule has 3 N–H and O–H groups in total. The first kappa shape index (κ1) is 29.1. The summed E-state index contributed by atoms with van der Waals surface area (Å²) >= 11 is 12.9. The van der Waals surface area contributed by atoms with Gasteiger partial charge >= 0.3 is 0 Å². The van der Waals surface area contributed by atoms with E-state index in [0.717, 1.165) is 11.3 Å². The number of halogens is 2. The SMILES string of the molecule is CCNC(=O)c1ccc([C@](C)(O)CN2CCN(c3ccc(OCCO)cc3Cl)[C@H](c3ccc(Cl)cc3)C2)nc1. The van der Waals surface area contributed by atoms with Gasteiger partial charge in [0.25, 0.3) is 5.91 Å². The lowest BCUT2D eigenvalue weighted by Gasteiger charge is -2.45. The monoisotopic (exact) mass is 572 g/mol. The number of aliphatic hydroxyl groups is 2. The summed E-state index contributed by atoms with van der Waals surface area (Å²) in [7, 11) is 0. The third-order valence-electron chi connectivity index (χ3n) is 6.75. The van der Waals surface area contributed by atoms with Crippen LogP contribution >= 0.6 is 23.2 Å². The predicted molar refractivity (Wildman–Crippen MR) is 154 cm³/mol. The average Bonchev–Trinajstić information content (AvgIpc) is 2.92. The Hall–Kier alpha value is -2.88. The molecular weight excluding hydrogens is 539 g/mol. The Morgan fingerprint density at radius 1 is 1.15 bits per heavy atom. The van der Waals surface area contributed by atoms with Gasteiger partial charge in [0.2, 0.25) is 0 Å². The van der Waals surface area contributed by atoms with Gasteiger partial charge in [0.05, 0.1) is 34.6 Å². The second-order valence-corrected chi connectivity index (χ2v) is 10.6. The number of nitrogens with zero attached hydrogens (tertiary/aromatic N) is 3. The fourth-order valence-corrected chi connectivity index (χ4v) is 5.25. The van der Waals surface area contributed by atoms with E-state index in [4.69, 9.17) is 33.0 Å². The zero-order valence-corrected chi connectivity index (χ0v) is 23.6. The minimum Gasteiger partial charge on any atom is -0.491 e. The Bertz CT molecular complexity index is 1260. The molecule has 0 radical (unpaired) electrons. The van der Waals surface area contributed by atoms with Crippen LogP contribution in [0.5, 0.6) is 5.75 Å². The third-order valence-corrected chi connectivity index (χ3v) is 7.31. The summed E-state index contributed by atoms with van der Waals surface area (Å²) in [5.74, 6) is 0.408. The number of ether oxygens (including phenoxy) is 1. The molecule has 0 spiro atoms. The normalized spacial score (nSPS) is 17.5. The fraction of sp³-hybridized carbons (Fsp3) is 0.379. The van der Waals surface area contributed by atoms with E-state index in [-0.39, 0.29) is 25.2 Å². The molecule has 2 aromatic carbocycles. The summed E-state index contributed by atoms with van der Waals surface area (Å²) in [6.07, 6.45) is 1.50. The summed E-state index contributed by atoms with van der Waals surface area (Å²) in [4.78, 5) is 21.0. The van der Waals surface area contributed by atoms with Gasteiger partial charge in [-0.15, -0.1) is 0 Å². The Balaban J connectivity index is 1.54. The summed E-state index contributed by atoms with van der Waals surface area (Å²) in [5.41, 5.74) is 1.68. The highest BCUT2D eigenvalue weighted by molar-refractivity contribution is 6.33. The van der Waals surface area contributed by atoms with Crippen LogP contribution in [0.15, 0.2) is 60.8 Å². The number of anilines is 1. The van der Waals surface area contributed by atoms with Gasteiger partial charge in [-0.25, -0.2) is 0 Å². The van der Waals surface area contributed by atoms with Crippen molar-refractivity contribution in [1.29, 1.82) is 0 Å². The number of rotatable bonds is 10. The van der Waals surface area contributed by atoms with E-state index in [1.807, 2.05) is 43.3 Å². The molecule has 4 rings (SSSR count). The number of amides is 1. The van der Waals surface area contributed by atoms with E-state index in [0.29, 0.717) is 59.8 Å². The number of hydrogen-bond acceptors (Lipinski definition) is 7. The highest BCUT2D eigenvalue weighted by Crippen LogP contribution is 2.38. The number of aromatic nitrogens is 1. The molecule has 0 bridgehead atoms. The summed E-state index contributed by atoms with van der Waals surface area (Å²) in [5, 5.41) is 24.4. The van der Waals surface area contributed by atoms with E-state index in [1.54, 1.807) is 25.1 Å². The third kappa shape index (κ3) is 7.21. The number of benzene rings is 2. The molecule has 8 nitrogen and oxygen atoms in total. The number of β-amino-alcohol motifs (C(OH)–C–C–N with tert-alkyl or cyclic N) is 1. The molecule has 1 saturated heterocycles. The molecule has 2 heterocycles. The first-order chi connectivity index (χ1) is 18.7. The molecule has 1 amide bonds. The van der Waals surface area contributed by atoms with Crippen molar-refractivity contribution in [3.63, 3.8) is 0 Å². The second kappa shape index (κ2) is 13.0. The smallest absolute Gasteiger partial charge is 0.252 e. The van der Waals surface area contributed by atoms with Crippen LogP contribution < -0.4 is 15.0 Å². The molecule has 0 aliphatic carbocycles. The number of hydrogen-bond donors (Lipinski definition) is 3. The molecule has 1 aliphatic heterocycles. The molecule has 3 aromatic rings. The lowest BCUT2D eigenvalue weighted by molar-refractivity contribution is 0.00674. The van der Waals surface area contributed by atoms with Crippen LogP contribution in [0.25, 0.3) is 0 Å². The fourth-order valence-electron chi connectivity index (χ4n) is 4.84. The number of piperazine rings is 1. The van der Waals surface area contributed by atoms with Crippen LogP contribution in [0, 0.1) is 0 Å². The molecule has 208 valence electrons. The van der Waals surface area contributed by atoms with Crippen molar-refractivity contribution in [3.05, 3.63) is 87.7 Å². The van der Waals surface area contributed by atoms with Gasteiger partial charge in [0.15, 0.2) is 0 Å². The van der Waals surface area contributed by atoms with E-state index < -0.39 is 5.60 Å². The molecule has 10 heteroatoms. The summed E-state index contributed by atoms with van der Waals surface area (Å²) in [6, 6.07) is 16.7. The van der Waals surface area contributed by atoms with Crippen molar-refractivity contribution >= 4 is 34.8 Å². The molecule has 39 heavy (non-hydrogen) atoms. The lowest BCUT2D eigenvalue weighted by atomic mass is 9.97. The van der Waals surface area contributed by atoms with E-state index in [2.05, 4.69) is 20.1 Å². The standard InChI is InChI=1S/C29H34Cl2N4O4/c1-3-32-28(37)21-6-11-27(33-17-21)29(2,38)19-34-12-13-35(26(18-34)20-4-7-22(30)8-5-20)25-10-9-23(16-24(25)31)39-15-14-36/h4-11,16-17,26,36,38H,3,12-15,18-19H2,1-2H3,(H,32,37)/t26-,29+/m0/s1. The Kier molecular flexibility index (Phi) is 9.69. The van der Waals surface area contributed by atoms with Crippen molar-refractivity contribution in [2.75, 3.05) is 50.8 Å². The summed E-state index contributed by atoms with van der Waals surface area (Å²) in [6.45, 7) is 6.62. The zero-order chi connectivity index (χ0) is 28.0. The van der Waals surface area contributed by atoms with Crippen LogP contribution in [-0.4, -0.2) is 71.9 Å². The van der Waals surface area contributed by atoms with Crippen LogP contribution in [0.4, 0.5) is 5.69 Å². The zero-order valence-electron chi connectivity index (χ0n) is 22.1. The molecule has 1 aromatic heterocycles. The molecule has 1 aliphatic rings. The summed E-state index contributed by atoms with van der Waals surface area (Å²) < 4.78 is 5.52. The van der Waals surface area contributed by atoms with Crippen molar-refractivity contribution < 1.29 is 19.7 Å². The van der Waals surface area contributed by atoms with E-state index >= 15 is 0 Å². The largest absolute Gasteiger partial charge is 0.491 e. The van der Waals surface area contributed by atoms with Gasteiger partial charge in [-0.2, -0.15) is 0 Å². The minimum atomic E-state index is -1.23. The van der Waals surface area contributed by atoms with Crippen molar-refractivity contribution in [2.24, 2.45) is 0 Å². The van der Waals surface area contributed by atoms with Crippen molar-refractivity contribution in [1.82, 2.24) is 15.2 Å². The Morgan fingerprint density at radius 3 is 2.56 bits per heavy atom. The minimum absolute atomic E-state index is 0.0541. The number of carbonyl (C=O) groups is 1. The van der Waals surface area contributed by atoms with Crippen molar-refractivity contribution in [3.8, 4) is 5.75 Å². The maximum atomic E-state index is 12.1. The first-order valence-electron chi connectivity index (χ1n) is 13.0. The predicted octanol–water partition coefficient (Wildman–Crippen LogP) is 4.28. The Morgan fingerprint density at radius 2 is 1.92 bits per heavy atom. The van der Waals surface area contributed by atoms with Gasteiger partial charge in [-0.05, 0) is 55.8 Å². The second-order valence-electron chi connectivity index (χ2n) is 9.75. The topological polar surface area (TPSA) is 98.2 Å². The van der Waals surface area contributed by atoms with Crippen molar-refractivity contribution in [2.45, 2.75) is 25.5 Å². The lowest BCUT2D eigenvalue weighted by Crippen LogP contribution is -2.52. The quantitative estimate of drug-likeness (QED) is 0.333. The molecule has 0 unspecified atom stereocenters. The molecular formula is C29H34Cl2N4O4. The number of carbonyl (C=O) groups excluding carboxylic acids is 1. The first-order valence-corrected chi connectivity index (χ1v) is 13.7. The molecule has 1 fully saturated rings. The number of pyridine rings is 1. The number of nitrogens with one attached hydrogen (secondary N) is 1. The van der Waals surface area contributed by atoms with E-state index in [9.17, 15) is 9.90 Å². The van der Waals surface area contributed by atoms with Crippen LogP contribution in [0.1, 0.15) is 41.5 Å². The highest BCUT2D eigenvalue weighted by atomic mass is 35.5. The van der Waals surface area contributed by atoms with Gasteiger partial charge in [-0.3, -0.25) is 14.7 Å². The van der Waals surface area contributed by atoms with Gasteiger partial charge in [0, 0.05) is 50.0 Å². The molecule has 2 atom stereocenters. The Labute approximate surface area is 239 Å².